The molecule has 1 N–H and O–H groups in total. The first kappa shape index (κ1) is 18.2. The number of hydrogen-bond acceptors (Lipinski definition) is 4. The van der Waals surface area contributed by atoms with Gasteiger partial charge in [0.1, 0.15) is 5.75 Å². The first-order valence-corrected chi connectivity index (χ1v) is 10.2. The van der Waals surface area contributed by atoms with Gasteiger partial charge in [-0.2, -0.15) is 8.42 Å². The van der Waals surface area contributed by atoms with Crippen molar-refractivity contribution in [3.8, 4) is 28.1 Å². The second kappa shape index (κ2) is 7.42. The molecular formula is C22H17NO4S. The number of nitrogens with zero attached hydrogens (tertiary/aromatic N) is 1. The van der Waals surface area contributed by atoms with Gasteiger partial charge in [-0.05, 0) is 47.5 Å². The van der Waals surface area contributed by atoms with E-state index >= 15 is 0 Å². The lowest BCUT2D eigenvalue weighted by molar-refractivity contribution is 0.353. The molecule has 0 radical (unpaired) electrons. The second-order valence-corrected chi connectivity index (χ2v) is 7.71. The molecule has 0 unspecified atom stereocenters. The molecule has 0 atom stereocenters. The number of pyridine rings is 1. The summed E-state index contributed by atoms with van der Waals surface area (Å²) in [7, 11) is -4.18. The van der Waals surface area contributed by atoms with Crippen LogP contribution < -0.4 is 4.74 Å². The standard InChI is InChI=1S/C22H17NO4S/c24-28(25,26)15-27-18-12-10-17(11-13-18)22-14-20(16-6-2-1-3-7-16)19-8-4-5-9-21(19)23-22/h1-14H,15H2,(H,24,25,26). The molecule has 0 aliphatic heterocycles. The van der Waals surface area contributed by atoms with E-state index in [1.807, 2.05) is 54.6 Å². The zero-order chi connectivity index (χ0) is 19.6. The number of hydrogen-bond donors (Lipinski definition) is 1. The van der Waals surface area contributed by atoms with Crippen LogP contribution in [0.1, 0.15) is 0 Å². The topological polar surface area (TPSA) is 76.5 Å². The molecule has 0 spiro atoms. The molecule has 4 rings (SSSR count). The number of aromatic nitrogens is 1. The van der Waals surface area contributed by atoms with E-state index in [9.17, 15) is 8.42 Å². The number of ether oxygens (including phenoxy) is 1. The van der Waals surface area contributed by atoms with Gasteiger partial charge in [-0.25, -0.2) is 4.98 Å². The summed E-state index contributed by atoms with van der Waals surface area (Å²) in [6.45, 7) is 0. The normalized spacial score (nSPS) is 11.5. The van der Waals surface area contributed by atoms with E-state index in [-0.39, 0.29) is 0 Å². The maximum Gasteiger partial charge on any atom is 0.300 e. The first-order chi connectivity index (χ1) is 13.5. The van der Waals surface area contributed by atoms with Crippen molar-refractivity contribution in [1.82, 2.24) is 4.98 Å². The van der Waals surface area contributed by atoms with Gasteiger partial charge in [0.2, 0.25) is 5.94 Å². The van der Waals surface area contributed by atoms with E-state index < -0.39 is 16.1 Å². The van der Waals surface area contributed by atoms with Crippen molar-refractivity contribution in [3.63, 3.8) is 0 Å². The Kier molecular flexibility index (Phi) is 4.81. The zero-order valence-corrected chi connectivity index (χ0v) is 15.6. The fourth-order valence-electron chi connectivity index (χ4n) is 3.04. The molecule has 0 fully saturated rings. The Morgan fingerprint density at radius 3 is 2.21 bits per heavy atom. The van der Waals surface area contributed by atoms with Gasteiger partial charge < -0.3 is 4.74 Å². The summed E-state index contributed by atoms with van der Waals surface area (Å²) in [5.74, 6) is -0.427. The van der Waals surface area contributed by atoms with Crippen LogP contribution >= 0.6 is 0 Å². The summed E-state index contributed by atoms with van der Waals surface area (Å²) in [6, 6.07) is 27.1. The summed E-state index contributed by atoms with van der Waals surface area (Å²) in [5.41, 5.74) is 4.77. The van der Waals surface area contributed by atoms with E-state index in [1.165, 1.54) is 0 Å². The minimum absolute atomic E-state index is 0.352. The van der Waals surface area contributed by atoms with Crippen LogP contribution in [0.2, 0.25) is 0 Å². The fourth-order valence-corrected chi connectivity index (χ4v) is 3.33. The van der Waals surface area contributed by atoms with Crippen molar-refractivity contribution < 1.29 is 17.7 Å². The van der Waals surface area contributed by atoms with Crippen LogP contribution in [-0.4, -0.2) is 23.9 Å². The zero-order valence-electron chi connectivity index (χ0n) is 14.8. The van der Waals surface area contributed by atoms with Crippen LogP contribution in [0.5, 0.6) is 5.75 Å². The molecule has 6 heteroatoms. The Bertz CT molecular complexity index is 1220. The number of para-hydroxylation sites is 1. The van der Waals surface area contributed by atoms with Crippen molar-refractivity contribution in [1.29, 1.82) is 0 Å². The van der Waals surface area contributed by atoms with E-state index in [4.69, 9.17) is 14.3 Å². The predicted octanol–water partition coefficient (Wildman–Crippen LogP) is 4.79. The quantitative estimate of drug-likeness (QED) is 0.495. The van der Waals surface area contributed by atoms with Gasteiger partial charge in [-0.1, -0.05) is 48.5 Å². The SMILES string of the molecule is O=S(=O)(O)COc1ccc(-c2cc(-c3ccccc3)c3ccccc3n2)cc1. The lowest BCUT2D eigenvalue weighted by Gasteiger charge is -2.11. The van der Waals surface area contributed by atoms with Gasteiger partial charge in [-0.3, -0.25) is 4.55 Å². The maximum absolute atomic E-state index is 10.8. The number of rotatable bonds is 5. The first-order valence-electron chi connectivity index (χ1n) is 8.63. The fraction of sp³-hybridized carbons (Fsp3) is 0.0455. The van der Waals surface area contributed by atoms with E-state index in [0.29, 0.717) is 5.75 Å². The van der Waals surface area contributed by atoms with Gasteiger partial charge in [0.25, 0.3) is 0 Å². The van der Waals surface area contributed by atoms with E-state index in [2.05, 4.69) is 18.2 Å². The molecule has 140 valence electrons. The highest BCUT2D eigenvalue weighted by molar-refractivity contribution is 7.85. The van der Waals surface area contributed by atoms with Crippen LogP contribution in [0.25, 0.3) is 33.3 Å². The molecule has 1 aromatic heterocycles. The van der Waals surface area contributed by atoms with Crippen LogP contribution in [-0.2, 0) is 10.1 Å². The third kappa shape index (κ3) is 4.03. The van der Waals surface area contributed by atoms with Crippen LogP contribution in [0.4, 0.5) is 0 Å². The Morgan fingerprint density at radius 1 is 0.821 bits per heavy atom. The molecule has 0 amide bonds. The Labute approximate surface area is 163 Å². The molecule has 1 heterocycles. The van der Waals surface area contributed by atoms with E-state index in [0.717, 1.165) is 33.3 Å². The van der Waals surface area contributed by atoms with Crippen molar-refractivity contribution in [2.45, 2.75) is 0 Å². The third-order valence-corrected chi connectivity index (χ3v) is 4.74. The minimum Gasteiger partial charge on any atom is -0.475 e. The number of fused-ring (bicyclic) bond motifs is 1. The van der Waals surface area contributed by atoms with Gasteiger partial charge in [0.05, 0.1) is 11.2 Å². The largest absolute Gasteiger partial charge is 0.475 e. The molecule has 0 bridgehead atoms. The Hall–Kier alpha value is -3.22. The highest BCUT2D eigenvalue weighted by Gasteiger charge is 2.10. The predicted molar refractivity (Wildman–Crippen MR) is 110 cm³/mol. The van der Waals surface area contributed by atoms with Crippen molar-refractivity contribution in [3.05, 3.63) is 84.9 Å². The van der Waals surface area contributed by atoms with Crippen molar-refractivity contribution in [2.24, 2.45) is 0 Å². The lowest BCUT2D eigenvalue weighted by Crippen LogP contribution is -2.10. The average molecular weight is 391 g/mol. The second-order valence-electron chi connectivity index (χ2n) is 6.31. The van der Waals surface area contributed by atoms with E-state index in [1.54, 1.807) is 12.1 Å². The highest BCUT2D eigenvalue weighted by Crippen LogP contribution is 2.32. The van der Waals surface area contributed by atoms with Crippen molar-refractivity contribution in [2.75, 3.05) is 5.94 Å². The molecule has 3 aromatic carbocycles. The van der Waals surface area contributed by atoms with Crippen LogP contribution in [0.3, 0.4) is 0 Å². The minimum atomic E-state index is -4.18. The molecule has 0 aliphatic rings. The Balaban J connectivity index is 1.75. The maximum atomic E-state index is 10.8. The molecule has 0 saturated carbocycles. The van der Waals surface area contributed by atoms with Gasteiger partial charge >= 0.3 is 10.1 Å². The molecule has 28 heavy (non-hydrogen) atoms. The smallest absolute Gasteiger partial charge is 0.300 e. The molecule has 0 saturated heterocycles. The summed E-state index contributed by atoms with van der Waals surface area (Å²) >= 11 is 0. The van der Waals surface area contributed by atoms with Gasteiger partial charge in [0.15, 0.2) is 0 Å². The third-order valence-electron chi connectivity index (χ3n) is 4.33. The summed E-state index contributed by atoms with van der Waals surface area (Å²) < 4.78 is 35.5. The molecular weight excluding hydrogens is 374 g/mol. The highest BCUT2D eigenvalue weighted by atomic mass is 32.2. The Morgan fingerprint density at radius 2 is 1.50 bits per heavy atom. The molecule has 4 aromatic rings. The monoisotopic (exact) mass is 391 g/mol. The van der Waals surface area contributed by atoms with Crippen LogP contribution in [0.15, 0.2) is 84.9 Å². The number of benzene rings is 3. The van der Waals surface area contributed by atoms with Crippen LogP contribution in [0, 0.1) is 0 Å². The molecule has 5 nitrogen and oxygen atoms in total. The average Bonchev–Trinajstić information content (AvgIpc) is 2.72. The summed E-state index contributed by atoms with van der Waals surface area (Å²) in [4.78, 5) is 4.77. The summed E-state index contributed by atoms with van der Waals surface area (Å²) in [5, 5.41) is 1.07. The lowest BCUT2D eigenvalue weighted by atomic mass is 9.98. The summed E-state index contributed by atoms with van der Waals surface area (Å²) in [6.07, 6.45) is 0. The molecule has 0 aliphatic carbocycles. The van der Waals surface area contributed by atoms with Gasteiger partial charge in [0, 0.05) is 10.9 Å². The van der Waals surface area contributed by atoms with Gasteiger partial charge in [-0.15, -0.1) is 0 Å². The van der Waals surface area contributed by atoms with Crippen molar-refractivity contribution >= 4 is 21.0 Å².